The Morgan fingerprint density at radius 3 is 2.19 bits per heavy atom. The third-order valence-electron chi connectivity index (χ3n) is 2.63. The maximum Gasteiger partial charge on any atom is 0.0636 e. The topological polar surface area (TPSA) is 35.5 Å². The molecule has 3 nitrogen and oxygen atoms in total. The fourth-order valence-electron chi connectivity index (χ4n) is 1.53. The molecule has 2 N–H and O–H groups in total. The number of anilines is 1. The smallest absolute Gasteiger partial charge is 0.0636 e. The van der Waals surface area contributed by atoms with Crippen LogP contribution in [0.15, 0.2) is 24.3 Å². The van der Waals surface area contributed by atoms with Crippen molar-refractivity contribution in [3.8, 4) is 0 Å². The molecule has 0 amide bonds. The van der Waals surface area contributed by atoms with Crippen LogP contribution < -0.4 is 10.2 Å². The predicted octanol–water partition coefficient (Wildman–Crippen LogP) is 1.78. The van der Waals surface area contributed by atoms with Gasteiger partial charge in [-0.2, -0.15) is 0 Å². The van der Waals surface area contributed by atoms with Crippen molar-refractivity contribution in [1.29, 1.82) is 0 Å². The van der Waals surface area contributed by atoms with Crippen LogP contribution in [0.4, 0.5) is 5.69 Å². The lowest BCUT2D eigenvalue weighted by Gasteiger charge is -2.17. The van der Waals surface area contributed by atoms with Crippen LogP contribution in [0.3, 0.4) is 0 Å². The van der Waals surface area contributed by atoms with Gasteiger partial charge in [-0.15, -0.1) is 0 Å². The first-order valence-electron chi connectivity index (χ1n) is 5.69. The summed E-state index contributed by atoms with van der Waals surface area (Å²) in [5.41, 5.74) is 2.44. The van der Waals surface area contributed by atoms with Crippen molar-refractivity contribution < 1.29 is 5.11 Å². The molecule has 0 aliphatic carbocycles. The van der Waals surface area contributed by atoms with Crippen molar-refractivity contribution in [1.82, 2.24) is 5.32 Å². The predicted molar refractivity (Wildman–Crippen MR) is 68.9 cm³/mol. The molecule has 16 heavy (non-hydrogen) atoms. The van der Waals surface area contributed by atoms with Crippen LogP contribution >= 0.6 is 0 Å². The number of rotatable bonds is 5. The summed E-state index contributed by atoms with van der Waals surface area (Å²) in [6, 6.07) is 8.72. The molecule has 0 bridgehead atoms. The molecule has 2 atom stereocenters. The lowest BCUT2D eigenvalue weighted by Crippen LogP contribution is -2.27. The van der Waals surface area contributed by atoms with E-state index in [1.165, 1.54) is 11.3 Å². The molecule has 0 saturated carbocycles. The van der Waals surface area contributed by atoms with Crippen molar-refractivity contribution in [2.45, 2.75) is 26.0 Å². The van der Waals surface area contributed by atoms with E-state index < -0.39 is 0 Å². The second kappa shape index (κ2) is 5.87. The summed E-state index contributed by atoms with van der Waals surface area (Å²) < 4.78 is 0. The second-order valence-electron chi connectivity index (χ2n) is 4.46. The lowest BCUT2D eigenvalue weighted by atomic mass is 10.1. The third-order valence-corrected chi connectivity index (χ3v) is 2.63. The fourth-order valence-corrected chi connectivity index (χ4v) is 1.53. The standard InChI is InChI=1S/C13H22N2O/c1-10(16)9-14-11(2)12-5-7-13(8-6-12)15(3)4/h5-8,10-11,14,16H,9H2,1-4H3/t10-,11?/m0/s1. The van der Waals surface area contributed by atoms with Gasteiger partial charge < -0.3 is 15.3 Å². The van der Waals surface area contributed by atoms with Gasteiger partial charge in [0.15, 0.2) is 0 Å². The molecule has 1 unspecified atom stereocenters. The molecule has 0 aliphatic heterocycles. The van der Waals surface area contributed by atoms with Crippen LogP contribution in [0, 0.1) is 0 Å². The zero-order valence-electron chi connectivity index (χ0n) is 10.6. The van der Waals surface area contributed by atoms with E-state index in [1.54, 1.807) is 6.92 Å². The summed E-state index contributed by atoms with van der Waals surface area (Å²) in [6.45, 7) is 4.51. The van der Waals surface area contributed by atoms with E-state index in [9.17, 15) is 5.11 Å². The number of hydrogen-bond donors (Lipinski definition) is 2. The average molecular weight is 222 g/mol. The van der Waals surface area contributed by atoms with Gasteiger partial charge in [0.2, 0.25) is 0 Å². The van der Waals surface area contributed by atoms with E-state index in [2.05, 4.69) is 41.4 Å². The van der Waals surface area contributed by atoms with Crippen LogP contribution in [-0.4, -0.2) is 31.9 Å². The first kappa shape index (κ1) is 13.0. The highest BCUT2D eigenvalue weighted by Crippen LogP contribution is 2.17. The Hall–Kier alpha value is -1.06. The Kier molecular flexibility index (Phi) is 4.77. The summed E-state index contributed by atoms with van der Waals surface area (Å²) in [6.07, 6.45) is -0.302. The van der Waals surface area contributed by atoms with Crippen LogP contribution in [-0.2, 0) is 0 Å². The van der Waals surface area contributed by atoms with Gasteiger partial charge in [0.05, 0.1) is 6.10 Å². The summed E-state index contributed by atoms with van der Waals surface area (Å²) >= 11 is 0. The minimum absolute atomic E-state index is 0.269. The van der Waals surface area contributed by atoms with Gasteiger partial charge in [-0.05, 0) is 31.5 Å². The summed E-state index contributed by atoms with van der Waals surface area (Å²) in [5, 5.41) is 12.5. The first-order valence-corrected chi connectivity index (χ1v) is 5.69. The molecular formula is C13H22N2O. The van der Waals surface area contributed by atoms with Gasteiger partial charge in [-0.25, -0.2) is 0 Å². The normalized spacial score (nSPS) is 14.6. The summed E-state index contributed by atoms with van der Waals surface area (Å²) in [5.74, 6) is 0. The van der Waals surface area contributed by atoms with E-state index in [0.29, 0.717) is 6.54 Å². The fraction of sp³-hybridized carbons (Fsp3) is 0.538. The number of nitrogens with zero attached hydrogens (tertiary/aromatic N) is 1. The monoisotopic (exact) mass is 222 g/mol. The SMILES string of the molecule is CC(NC[C@H](C)O)c1ccc(N(C)C)cc1. The molecule has 1 aromatic rings. The van der Waals surface area contributed by atoms with Crippen LogP contribution in [0.1, 0.15) is 25.5 Å². The number of aliphatic hydroxyl groups is 1. The van der Waals surface area contributed by atoms with E-state index in [-0.39, 0.29) is 12.1 Å². The molecule has 1 rings (SSSR count). The summed E-state index contributed by atoms with van der Waals surface area (Å²) in [4.78, 5) is 2.08. The molecule has 90 valence electrons. The molecule has 0 saturated heterocycles. The van der Waals surface area contributed by atoms with Crippen LogP contribution in [0.25, 0.3) is 0 Å². The van der Waals surface area contributed by atoms with Crippen molar-refractivity contribution in [3.63, 3.8) is 0 Å². The van der Waals surface area contributed by atoms with Crippen molar-refractivity contribution >= 4 is 5.69 Å². The maximum absolute atomic E-state index is 9.20. The molecule has 0 aliphatic rings. The van der Waals surface area contributed by atoms with Gasteiger partial charge in [-0.1, -0.05) is 12.1 Å². The highest BCUT2D eigenvalue weighted by molar-refractivity contribution is 5.46. The number of hydrogen-bond acceptors (Lipinski definition) is 3. The van der Waals surface area contributed by atoms with E-state index in [0.717, 1.165) is 0 Å². The van der Waals surface area contributed by atoms with E-state index >= 15 is 0 Å². The molecule has 1 aromatic carbocycles. The van der Waals surface area contributed by atoms with Crippen molar-refractivity contribution in [3.05, 3.63) is 29.8 Å². The minimum Gasteiger partial charge on any atom is -0.392 e. The van der Waals surface area contributed by atoms with Crippen molar-refractivity contribution in [2.75, 3.05) is 25.5 Å². The average Bonchev–Trinajstić information content (AvgIpc) is 2.26. The molecule has 0 heterocycles. The maximum atomic E-state index is 9.20. The Morgan fingerprint density at radius 1 is 1.19 bits per heavy atom. The Morgan fingerprint density at radius 2 is 1.75 bits per heavy atom. The molecule has 0 aromatic heterocycles. The Bertz CT molecular complexity index is 306. The van der Waals surface area contributed by atoms with Crippen LogP contribution in [0.2, 0.25) is 0 Å². The van der Waals surface area contributed by atoms with E-state index in [1.807, 2.05) is 14.1 Å². The third kappa shape index (κ3) is 3.83. The van der Waals surface area contributed by atoms with Gasteiger partial charge >= 0.3 is 0 Å². The Labute approximate surface area is 98.1 Å². The van der Waals surface area contributed by atoms with Gasteiger partial charge in [0, 0.05) is 32.4 Å². The van der Waals surface area contributed by atoms with Crippen molar-refractivity contribution in [2.24, 2.45) is 0 Å². The lowest BCUT2D eigenvalue weighted by molar-refractivity contribution is 0.187. The van der Waals surface area contributed by atoms with Gasteiger partial charge in [-0.3, -0.25) is 0 Å². The summed E-state index contributed by atoms with van der Waals surface area (Å²) in [7, 11) is 4.06. The highest BCUT2D eigenvalue weighted by Gasteiger charge is 2.06. The molecule has 3 heteroatoms. The molecule has 0 radical (unpaired) electrons. The number of nitrogens with one attached hydrogen (secondary N) is 1. The quantitative estimate of drug-likeness (QED) is 0.797. The molecule has 0 spiro atoms. The zero-order chi connectivity index (χ0) is 12.1. The Balaban J connectivity index is 2.59. The molecular weight excluding hydrogens is 200 g/mol. The van der Waals surface area contributed by atoms with Crippen LogP contribution in [0.5, 0.6) is 0 Å². The first-order chi connectivity index (χ1) is 7.50. The number of benzene rings is 1. The second-order valence-corrected chi connectivity index (χ2v) is 4.46. The number of aliphatic hydroxyl groups excluding tert-OH is 1. The zero-order valence-corrected chi connectivity index (χ0v) is 10.6. The van der Waals surface area contributed by atoms with Gasteiger partial charge in [0.25, 0.3) is 0 Å². The minimum atomic E-state index is -0.302. The van der Waals surface area contributed by atoms with E-state index in [4.69, 9.17) is 0 Å². The molecule has 0 fully saturated rings. The highest BCUT2D eigenvalue weighted by atomic mass is 16.3. The largest absolute Gasteiger partial charge is 0.392 e. The van der Waals surface area contributed by atoms with Gasteiger partial charge in [0.1, 0.15) is 0 Å².